The van der Waals surface area contributed by atoms with Gasteiger partial charge in [0.15, 0.2) is 0 Å². The maximum absolute atomic E-state index is 13.2. The van der Waals surface area contributed by atoms with Crippen molar-refractivity contribution in [2.45, 2.75) is 31.8 Å². The van der Waals surface area contributed by atoms with Crippen LogP contribution in [0.1, 0.15) is 35.2 Å². The number of benzene rings is 2. The summed E-state index contributed by atoms with van der Waals surface area (Å²) < 4.78 is 24.2. The zero-order valence-electron chi connectivity index (χ0n) is 17.8. The fraction of sp³-hybridized carbons (Fsp3) is 0.417. The molecule has 0 spiro atoms. The highest BCUT2D eigenvalue weighted by Gasteiger charge is 2.23. The number of piperidine rings is 1. The highest BCUT2D eigenvalue weighted by molar-refractivity contribution is 5.94. The predicted octanol–water partition coefficient (Wildman–Crippen LogP) is 3.20. The van der Waals surface area contributed by atoms with Gasteiger partial charge >= 0.3 is 0 Å². The van der Waals surface area contributed by atoms with Crippen LogP contribution in [-0.4, -0.2) is 56.2 Å². The lowest BCUT2D eigenvalue weighted by molar-refractivity contribution is -0.133. The first-order valence-corrected chi connectivity index (χ1v) is 10.6. The molecule has 0 saturated carbocycles. The number of hydrogen-bond acceptors (Lipinski definition) is 4. The molecule has 166 valence electrons. The number of rotatable bonds is 9. The molecule has 1 N–H and O–H groups in total. The Morgan fingerprint density at radius 3 is 2.55 bits per heavy atom. The van der Waals surface area contributed by atoms with Gasteiger partial charge in [-0.25, -0.2) is 4.39 Å². The number of hydrogen-bond donors (Lipinski definition) is 1. The Hall–Kier alpha value is -2.93. The van der Waals surface area contributed by atoms with Gasteiger partial charge in [-0.1, -0.05) is 12.1 Å². The molecule has 6 nitrogen and oxygen atoms in total. The van der Waals surface area contributed by atoms with Gasteiger partial charge in [-0.05, 0) is 48.4 Å². The standard InChI is InChI=1S/C24H29FN2O4/c1-30-16-12-23(28)27-14-10-22(11-15-27)31-21-7-5-19(6-8-21)24(29)26-13-9-18-3-2-4-20(25)17-18/h2-8,17,22H,9-16H2,1H3,(H,26,29). The molecule has 2 amide bonds. The van der Waals surface area contributed by atoms with E-state index in [9.17, 15) is 14.0 Å². The number of carbonyl (C=O) groups excluding carboxylic acids is 2. The lowest BCUT2D eigenvalue weighted by Crippen LogP contribution is -2.42. The third kappa shape index (κ3) is 7.07. The van der Waals surface area contributed by atoms with Crippen molar-refractivity contribution in [2.24, 2.45) is 0 Å². The van der Waals surface area contributed by atoms with Gasteiger partial charge in [0.05, 0.1) is 13.0 Å². The lowest BCUT2D eigenvalue weighted by Gasteiger charge is -2.32. The van der Waals surface area contributed by atoms with Crippen molar-refractivity contribution in [3.05, 3.63) is 65.5 Å². The summed E-state index contributed by atoms with van der Waals surface area (Å²) in [6.07, 6.45) is 2.59. The summed E-state index contributed by atoms with van der Waals surface area (Å²) in [6.45, 7) is 2.24. The van der Waals surface area contributed by atoms with Crippen LogP contribution < -0.4 is 10.1 Å². The van der Waals surface area contributed by atoms with Gasteiger partial charge < -0.3 is 19.7 Å². The maximum Gasteiger partial charge on any atom is 0.251 e. The van der Waals surface area contributed by atoms with E-state index in [1.807, 2.05) is 11.0 Å². The van der Waals surface area contributed by atoms with Gasteiger partial charge in [0, 0.05) is 45.1 Å². The zero-order chi connectivity index (χ0) is 22.1. The highest BCUT2D eigenvalue weighted by Crippen LogP contribution is 2.20. The summed E-state index contributed by atoms with van der Waals surface area (Å²) in [7, 11) is 1.59. The van der Waals surface area contributed by atoms with Crippen LogP contribution in [0.3, 0.4) is 0 Å². The van der Waals surface area contributed by atoms with Gasteiger partial charge in [-0.15, -0.1) is 0 Å². The fourth-order valence-electron chi connectivity index (χ4n) is 3.56. The molecule has 0 unspecified atom stereocenters. The second-order valence-electron chi connectivity index (χ2n) is 7.60. The van der Waals surface area contributed by atoms with E-state index in [1.165, 1.54) is 12.1 Å². The first-order valence-electron chi connectivity index (χ1n) is 10.6. The molecule has 31 heavy (non-hydrogen) atoms. The maximum atomic E-state index is 13.2. The summed E-state index contributed by atoms with van der Waals surface area (Å²) in [4.78, 5) is 26.2. The fourth-order valence-corrected chi connectivity index (χ4v) is 3.56. The molecule has 0 bridgehead atoms. The molecule has 1 fully saturated rings. The Morgan fingerprint density at radius 1 is 1.13 bits per heavy atom. The highest BCUT2D eigenvalue weighted by atomic mass is 19.1. The van der Waals surface area contributed by atoms with Crippen LogP contribution in [0.5, 0.6) is 5.75 Å². The van der Waals surface area contributed by atoms with Crippen molar-refractivity contribution < 1.29 is 23.5 Å². The topological polar surface area (TPSA) is 67.9 Å². The molecular weight excluding hydrogens is 399 g/mol. The van der Waals surface area contributed by atoms with Crippen LogP contribution in [0, 0.1) is 5.82 Å². The Labute approximate surface area is 182 Å². The van der Waals surface area contributed by atoms with E-state index in [0.29, 0.717) is 50.4 Å². The van der Waals surface area contributed by atoms with E-state index in [1.54, 1.807) is 37.4 Å². The quantitative estimate of drug-likeness (QED) is 0.666. The van der Waals surface area contributed by atoms with Crippen LogP contribution in [0.15, 0.2) is 48.5 Å². The number of halogens is 1. The minimum atomic E-state index is -0.275. The van der Waals surface area contributed by atoms with Crippen molar-refractivity contribution >= 4 is 11.8 Å². The SMILES string of the molecule is COCCC(=O)N1CCC(Oc2ccc(C(=O)NCCc3cccc(F)c3)cc2)CC1. The van der Waals surface area contributed by atoms with Gasteiger partial charge in [-0.2, -0.15) is 0 Å². The Balaban J connectivity index is 1.40. The second kappa shape index (κ2) is 11.5. The summed E-state index contributed by atoms with van der Waals surface area (Å²) in [6, 6.07) is 13.4. The average Bonchev–Trinajstić information content (AvgIpc) is 2.78. The summed E-state index contributed by atoms with van der Waals surface area (Å²) in [5, 5.41) is 2.85. The molecule has 1 aliphatic rings. The molecule has 0 radical (unpaired) electrons. The molecule has 0 aliphatic carbocycles. The normalized spacial score (nSPS) is 14.3. The van der Waals surface area contributed by atoms with Crippen LogP contribution in [0.25, 0.3) is 0 Å². The number of likely N-dealkylation sites (tertiary alicyclic amines) is 1. The third-order valence-electron chi connectivity index (χ3n) is 5.32. The molecule has 2 aromatic rings. The number of ether oxygens (including phenoxy) is 2. The van der Waals surface area contributed by atoms with E-state index in [4.69, 9.17) is 9.47 Å². The van der Waals surface area contributed by atoms with E-state index in [-0.39, 0.29) is 23.7 Å². The summed E-state index contributed by atoms with van der Waals surface area (Å²) in [5.41, 5.74) is 1.39. The number of amides is 2. The van der Waals surface area contributed by atoms with E-state index >= 15 is 0 Å². The first-order chi connectivity index (χ1) is 15.0. The largest absolute Gasteiger partial charge is 0.490 e. The van der Waals surface area contributed by atoms with E-state index in [2.05, 4.69) is 5.32 Å². The first kappa shape index (κ1) is 22.7. The minimum absolute atomic E-state index is 0.0532. The zero-order valence-corrected chi connectivity index (χ0v) is 17.8. The molecule has 0 atom stereocenters. The molecule has 3 rings (SSSR count). The van der Waals surface area contributed by atoms with Crippen molar-refractivity contribution in [3.8, 4) is 5.75 Å². The predicted molar refractivity (Wildman–Crippen MR) is 116 cm³/mol. The van der Waals surface area contributed by atoms with Gasteiger partial charge in [0.1, 0.15) is 17.7 Å². The number of nitrogens with zero attached hydrogens (tertiary/aromatic N) is 1. The van der Waals surface area contributed by atoms with Crippen molar-refractivity contribution in [1.29, 1.82) is 0 Å². The van der Waals surface area contributed by atoms with Gasteiger partial charge in [-0.3, -0.25) is 9.59 Å². The number of nitrogens with one attached hydrogen (secondary N) is 1. The lowest BCUT2D eigenvalue weighted by atomic mass is 10.1. The number of methoxy groups -OCH3 is 1. The molecule has 1 heterocycles. The Bertz CT molecular complexity index is 864. The van der Waals surface area contributed by atoms with Crippen molar-refractivity contribution in [1.82, 2.24) is 10.2 Å². The Kier molecular flexibility index (Phi) is 8.41. The van der Waals surface area contributed by atoms with E-state index < -0.39 is 0 Å². The monoisotopic (exact) mass is 428 g/mol. The number of carbonyl (C=O) groups is 2. The summed E-state index contributed by atoms with van der Waals surface area (Å²) >= 11 is 0. The van der Waals surface area contributed by atoms with Crippen LogP contribution in [0.2, 0.25) is 0 Å². The molecule has 0 aromatic heterocycles. The van der Waals surface area contributed by atoms with Crippen molar-refractivity contribution in [3.63, 3.8) is 0 Å². The van der Waals surface area contributed by atoms with Gasteiger partial charge in [0.2, 0.25) is 5.91 Å². The van der Waals surface area contributed by atoms with Crippen LogP contribution in [-0.2, 0) is 16.0 Å². The molecule has 2 aromatic carbocycles. The third-order valence-corrected chi connectivity index (χ3v) is 5.32. The van der Waals surface area contributed by atoms with Gasteiger partial charge in [0.25, 0.3) is 5.91 Å². The molecule has 1 aliphatic heterocycles. The second-order valence-corrected chi connectivity index (χ2v) is 7.60. The summed E-state index contributed by atoms with van der Waals surface area (Å²) in [5.74, 6) is 0.377. The Morgan fingerprint density at radius 2 is 1.87 bits per heavy atom. The van der Waals surface area contributed by atoms with Crippen LogP contribution >= 0.6 is 0 Å². The minimum Gasteiger partial charge on any atom is -0.490 e. The smallest absolute Gasteiger partial charge is 0.251 e. The van der Waals surface area contributed by atoms with Crippen molar-refractivity contribution in [2.75, 3.05) is 33.4 Å². The average molecular weight is 429 g/mol. The van der Waals surface area contributed by atoms with Crippen LogP contribution in [0.4, 0.5) is 4.39 Å². The van der Waals surface area contributed by atoms with E-state index in [0.717, 1.165) is 18.4 Å². The molecule has 1 saturated heterocycles. The molecule has 7 heteroatoms. The molecular formula is C24H29FN2O4.